The normalized spacial score (nSPS) is 19.4. The Morgan fingerprint density at radius 2 is 1.62 bits per heavy atom. The molecule has 7 heteroatoms. The summed E-state index contributed by atoms with van der Waals surface area (Å²) >= 11 is 0. The van der Waals surface area contributed by atoms with Gasteiger partial charge in [-0.1, -0.05) is 48.0 Å². The summed E-state index contributed by atoms with van der Waals surface area (Å²) in [6.45, 7) is 5.46. The largest absolute Gasteiger partial charge is 0.423 e. The van der Waals surface area contributed by atoms with E-state index in [4.69, 9.17) is 4.74 Å². The van der Waals surface area contributed by atoms with E-state index in [9.17, 15) is 9.90 Å². The van der Waals surface area contributed by atoms with Crippen LogP contribution in [0.1, 0.15) is 21.5 Å². The summed E-state index contributed by atoms with van der Waals surface area (Å²) in [5.74, 6) is 2.71. The molecule has 0 amide bonds. The van der Waals surface area contributed by atoms with Crippen LogP contribution in [-0.4, -0.2) is 45.6 Å². The fourth-order valence-corrected chi connectivity index (χ4v) is 6.13. The van der Waals surface area contributed by atoms with E-state index in [1.54, 1.807) is 30.6 Å². The molecule has 1 aliphatic heterocycles. The molecule has 2 fully saturated rings. The lowest BCUT2D eigenvalue weighted by molar-refractivity contribution is 0.0734. The summed E-state index contributed by atoms with van der Waals surface area (Å²) in [5, 5.41) is 13.7. The average molecular weight is 557 g/mol. The van der Waals surface area contributed by atoms with Gasteiger partial charge in [0.2, 0.25) is 0 Å². The van der Waals surface area contributed by atoms with Crippen molar-refractivity contribution in [3.05, 3.63) is 114 Å². The lowest BCUT2D eigenvalue weighted by atomic mass is 10.0. The molecule has 2 unspecified atom stereocenters. The standard InChI is InChI=1S/C35H32N4O3/c1-22-2-6-25(7-3-22)35(41)42-28-13-11-27(12-14-28)38-34-29-16-26(10-15-33(29)36-21-37-34)24-8-4-23(5-9-24)17-39-18-30-31(19-39)32(30)20-40/h2-16,21,30-32,40H,17-20H2,1H3,(H,36,37,38). The van der Waals surface area contributed by atoms with Crippen molar-refractivity contribution in [2.45, 2.75) is 13.5 Å². The zero-order valence-electron chi connectivity index (χ0n) is 23.4. The van der Waals surface area contributed by atoms with Gasteiger partial charge in [-0.15, -0.1) is 0 Å². The van der Waals surface area contributed by atoms with Crippen LogP contribution in [0.3, 0.4) is 0 Å². The third-order valence-corrected chi connectivity index (χ3v) is 8.60. The highest BCUT2D eigenvalue weighted by atomic mass is 16.5. The number of nitrogens with zero attached hydrogens (tertiary/aromatic N) is 3. The van der Waals surface area contributed by atoms with Crippen LogP contribution in [0.4, 0.5) is 11.5 Å². The summed E-state index contributed by atoms with van der Waals surface area (Å²) < 4.78 is 5.54. The number of nitrogens with one attached hydrogen (secondary N) is 1. The van der Waals surface area contributed by atoms with Gasteiger partial charge in [-0.05, 0) is 89.9 Å². The van der Waals surface area contributed by atoms with E-state index in [1.165, 1.54) is 5.56 Å². The number of carbonyl (C=O) groups is 1. The summed E-state index contributed by atoms with van der Waals surface area (Å²) in [7, 11) is 0. The minimum absolute atomic E-state index is 0.338. The minimum atomic E-state index is -0.387. The van der Waals surface area contributed by atoms with Crippen LogP contribution in [0.15, 0.2) is 97.3 Å². The number of ether oxygens (including phenoxy) is 1. The van der Waals surface area contributed by atoms with E-state index in [0.717, 1.165) is 52.9 Å². The van der Waals surface area contributed by atoms with Gasteiger partial charge in [-0.25, -0.2) is 14.8 Å². The topological polar surface area (TPSA) is 87.6 Å². The quantitative estimate of drug-likeness (QED) is 0.173. The predicted octanol–water partition coefficient (Wildman–Crippen LogP) is 6.24. The van der Waals surface area contributed by atoms with Gasteiger partial charge in [0.05, 0.1) is 11.1 Å². The van der Waals surface area contributed by atoms with Crippen LogP contribution in [0.2, 0.25) is 0 Å². The van der Waals surface area contributed by atoms with Gasteiger partial charge in [-0.3, -0.25) is 4.90 Å². The maximum absolute atomic E-state index is 12.5. The highest BCUT2D eigenvalue weighted by Crippen LogP contribution is 2.51. The number of piperidine rings is 1. The van der Waals surface area contributed by atoms with E-state index in [0.29, 0.717) is 41.5 Å². The Balaban J connectivity index is 1.03. The Kier molecular flexibility index (Phi) is 6.90. The van der Waals surface area contributed by atoms with Crippen LogP contribution < -0.4 is 10.1 Å². The number of aliphatic hydroxyl groups is 1. The highest BCUT2D eigenvalue weighted by Gasteiger charge is 2.54. The molecule has 4 aromatic carbocycles. The van der Waals surface area contributed by atoms with Gasteiger partial charge in [0.15, 0.2) is 0 Å². The number of rotatable bonds is 8. The first-order valence-electron chi connectivity index (χ1n) is 14.4. The van der Waals surface area contributed by atoms with Crippen molar-refractivity contribution in [3.63, 3.8) is 0 Å². The molecule has 42 heavy (non-hydrogen) atoms. The number of hydrogen-bond acceptors (Lipinski definition) is 7. The molecule has 1 aromatic heterocycles. The first-order chi connectivity index (χ1) is 20.5. The summed E-state index contributed by atoms with van der Waals surface area (Å²) in [6.07, 6.45) is 1.56. The summed E-state index contributed by atoms with van der Waals surface area (Å²) in [4.78, 5) is 23.9. The Labute approximate surface area is 244 Å². The van der Waals surface area contributed by atoms with Crippen molar-refractivity contribution in [2.24, 2.45) is 17.8 Å². The third-order valence-electron chi connectivity index (χ3n) is 8.60. The van der Waals surface area contributed by atoms with Gasteiger partial charge < -0.3 is 15.2 Å². The SMILES string of the molecule is Cc1ccc(C(=O)Oc2ccc(Nc3ncnc4ccc(-c5ccc(CN6CC7C(CO)C7C6)cc5)cc34)cc2)cc1. The van der Waals surface area contributed by atoms with Crippen molar-refractivity contribution in [1.82, 2.24) is 14.9 Å². The first kappa shape index (κ1) is 26.3. The van der Waals surface area contributed by atoms with Crippen molar-refractivity contribution in [1.29, 1.82) is 0 Å². The number of anilines is 2. The molecule has 0 spiro atoms. The van der Waals surface area contributed by atoms with Crippen molar-refractivity contribution >= 4 is 28.4 Å². The number of benzene rings is 4. The Morgan fingerprint density at radius 3 is 2.33 bits per heavy atom. The van der Waals surface area contributed by atoms with Gasteiger partial charge in [-0.2, -0.15) is 0 Å². The molecular weight excluding hydrogens is 524 g/mol. The van der Waals surface area contributed by atoms with E-state index < -0.39 is 0 Å². The molecule has 0 radical (unpaired) electrons. The smallest absolute Gasteiger partial charge is 0.343 e. The second-order valence-corrected chi connectivity index (χ2v) is 11.4. The minimum Gasteiger partial charge on any atom is -0.423 e. The number of likely N-dealkylation sites (tertiary alicyclic amines) is 1. The van der Waals surface area contributed by atoms with Gasteiger partial charge >= 0.3 is 5.97 Å². The lowest BCUT2D eigenvalue weighted by Gasteiger charge is -2.19. The molecule has 2 atom stereocenters. The maximum atomic E-state index is 12.5. The summed E-state index contributed by atoms with van der Waals surface area (Å²) in [6, 6.07) is 29.6. The zero-order valence-corrected chi connectivity index (χ0v) is 23.4. The Bertz CT molecular complexity index is 1720. The zero-order chi connectivity index (χ0) is 28.6. The van der Waals surface area contributed by atoms with E-state index >= 15 is 0 Å². The van der Waals surface area contributed by atoms with Crippen LogP contribution in [0.5, 0.6) is 5.75 Å². The van der Waals surface area contributed by atoms with Crippen LogP contribution in [0.25, 0.3) is 22.0 Å². The molecule has 210 valence electrons. The molecule has 2 aliphatic rings. The molecule has 7 nitrogen and oxygen atoms in total. The number of aromatic nitrogens is 2. The predicted molar refractivity (Wildman–Crippen MR) is 164 cm³/mol. The van der Waals surface area contributed by atoms with Gasteiger partial charge in [0, 0.05) is 37.3 Å². The van der Waals surface area contributed by atoms with Gasteiger partial charge in [0.25, 0.3) is 0 Å². The molecular formula is C35H32N4O3. The number of hydrogen-bond donors (Lipinski definition) is 2. The van der Waals surface area contributed by atoms with E-state index in [1.807, 2.05) is 37.3 Å². The molecule has 7 rings (SSSR count). The molecule has 1 saturated carbocycles. The fraction of sp³-hybridized carbons (Fsp3) is 0.229. The van der Waals surface area contributed by atoms with Crippen LogP contribution in [0, 0.1) is 24.7 Å². The van der Waals surface area contributed by atoms with Crippen LogP contribution in [-0.2, 0) is 6.54 Å². The number of fused-ring (bicyclic) bond motifs is 2. The summed E-state index contributed by atoms with van der Waals surface area (Å²) in [5.41, 5.74) is 6.82. The average Bonchev–Trinajstić information content (AvgIpc) is 3.50. The second kappa shape index (κ2) is 11.0. The highest BCUT2D eigenvalue weighted by molar-refractivity contribution is 5.94. The van der Waals surface area contributed by atoms with E-state index in [-0.39, 0.29) is 5.97 Å². The van der Waals surface area contributed by atoms with Gasteiger partial charge in [0.1, 0.15) is 17.9 Å². The van der Waals surface area contributed by atoms with Crippen molar-refractivity contribution in [2.75, 3.05) is 25.0 Å². The number of aliphatic hydroxyl groups excluding tert-OH is 1. The lowest BCUT2D eigenvalue weighted by Crippen LogP contribution is -2.24. The molecule has 0 bridgehead atoms. The fourth-order valence-electron chi connectivity index (χ4n) is 6.13. The molecule has 1 saturated heterocycles. The number of esters is 1. The Morgan fingerprint density at radius 1 is 0.905 bits per heavy atom. The number of carbonyl (C=O) groups excluding carboxylic acids is 1. The maximum Gasteiger partial charge on any atom is 0.343 e. The van der Waals surface area contributed by atoms with Crippen molar-refractivity contribution < 1.29 is 14.6 Å². The van der Waals surface area contributed by atoms with Crippen molar-refractivity contribution in [3.8, 4) is 16.9 Å². The monoisotopic (exact) mass is 556 g/mol. The third kappa shape index (κ3) is 5.36. The molecule has 1 aliphatic carbocycles. The Hall–Kier alpha value is -4.59. The second-order valence-electron chi connectivity index (χ2n) is 11.4. The number of aryl methyl sites for hydroxylation is 1. The first-order valence-corrected chi connectivity index (χ1v) is 14.4. The molecule has 2 N–H and O–H groups in total. The van der Waals surface area contributed by atoms with Crippen LogP contribution >= 0.6 is 0 Å². The molecule has 5 aromatic rings. The molecule has 2 heterocycles. The van der Waals surface area contributed by atoms with E-state index in [2.05, 4.69) is 56.6 Å².